The van der Waals surface area contributed by atoms with Crippen LogP contribution >= 0.6 is 0 Å². The molecule has 0 atom stereocenters. The van der Waals surface area contributed by atoms with Crippen LogP contribution in [0.4, 0.5) is 16.2 Å². The summed E-state index contributed by atoms with van der Waals surface area (Å²) in [5, 5.41) is 5.70. The van der Waals surface area contributed by atoms with Gasteiger partial charge in [-0.2, -0.15) is 0 Å². The number of amides is 2. The van der Waals surface area contributed by atoms with Crippen molar-refractivity contribution in [1.82, 2.24) is 0 Å². The van der Waals surface area contributed by atoms with Crippen molar-refractivity contribution in [3.8, 4) is 5.75 Å². The Kier molecular flexibility index (Phi) is 7.43. The molecule has 2 aromatic carbocycles. The number of benzene rings is 2. The van der Waals surface area contributed by atoms with E-state index in [9.17, 15) is 14.4 Å². The van der Waals surface area contributed by atoms with Gasteiger partial charge >= 0.3 is 6.16 Å². The molecule has 0 bridgehead atoms. The van der Waals surface area contributed by atoms with E-state index in [0.717, 1.165) is 12.8 Å². The quantitative estimate of drug-likeness (QED) is 0.495. The molecule has 0 saturated heterocycles. The Morgan fingerprint density at radius 1 is 0.900 bits per heavy atom. The maximum absolute atomic E-state index is 12.4. The maximum atomic E-state index is 12.4. The first-order valence-electron chi connectivity index (χ1n) is 10.2. The molecule has 3 rings (SSSR count). The molecule has 0 aromatic heterocycles. The van der Waals surface area contributed by atoms with E-state index in [1.807, 2.05) is 0 Å². The highest BCUT2D eigenvalue weighted by Gasteiger charge is 2.18. The minimum atomic E-state index is -0.787. The zero-order valence-electron chi connectivity index (χ0n) is 17.0. The molecule has 158 valence electrons. The Hall–Kier alpha value is -3.35. The molecule has 0 unspecified atom stereocenters. The van der Waals surface area contributed by atoms with Crippen molar-refractivity contribution in [3.63, 3.8) is 0 Å². The van der Waals surface area contributed by atoms with Gasteiger partial charge in [-0.15, -0.1) is 0 Å². The van der Waals surface area contributed by atoms with Crippen LogP contribution in [0.2, 0.25) is 0 Å². The lowest BCUT2D eigenvalue weighted by atomic mass is 10.0. The fraction of sp³-hybridized carbons (Fsp3) is 0.348. The average Bonchev–Trinajstić information content (AvgIpc) is 3.23. The number of anilines is 2. The lowest BCUT2D eigenvalue weighted by Crippen LogP contribution is -2.15. The summed E-state index contributed by atoms with van der Waals surface area (Å²) in [6.45, 7) is 1.91. The van der Waals surface area contributed by atoms with Gasteiger partial charge in [0.05, 0.1) is 6.61 Å². The lowest BCUT2D eigenvalue weighted by molar-refractivity contribution is -0.117. The molecule has 1 aliphatic rings. The van der Waals surface area contributed by atoms with Gasteiger partial charge in [-0.25, -0.2) is 4.79 Å². The second-order valence-corrected chi connectivity index (χ2v) is 7.24. The third-order valence-corrected chi connectivity index (χ3v) is 4.96. The molecule has 1 aliphatic carbocycles. The van der Waals surface area contributed by atoms with Crippen molar-refractivity contribution in [1.29, 1.82) is 0 Å². The SMILES string of the molecule is CCOC(=O)Oc1ccc(C(=O)Nc2ccc(NC(=O)CC3CCCC3)cc2)cc1. The van der Waals surface area contributed by atoms with Crippen LogP contribution in [0.5, 0.6) is 5.75 Å². The highest BCUT2D eigenvalue weighted by molar-refractivity contribution is 6.04. The highest BCUT2D eigenvalue weighted by Crippen LogP contribution is 2.28. The number of carbonyl (C=O) groups excluding carboxylic acids is 3. The van der Waals surface area contributed by atoms with Gasteiger partial charge in [-0.1, -0.05) is 12.8 Å². The Balaban J connectivity index is 1.50. The summed E-state index contributed by atoms with van der Waals surface area (Å²) in [5.74, 6) is 0.528. The van der Waals surface area contributed by atoms with E-state index >= 15 is 0 Å². The monoisotopic (exact) mass is 410 g/mol. The van der Waals surface area contributed by atoms with E-state index in [4.69, 9.17) is 9.47 Å². The van der Waals surface area contributed by atoms with Crippen LogP contribution in [-0.2, 0) is 9.53 Å². The molecule has 2 amide bonds. The predicted molar refractivity (Wildman–Crippen MR) is 114 cm³/mol. The maximum Gasteiger partial charge on any atom is 0.513 e. The van der Waals surface area contributed by atoms with Gasteiger partial charge in [0.15, 0.2) is 0 Å². The molecule has 30 heavy (non-hydrogen) atoms. The molecule has 0 aliphatic heterocycles. The zero-order chi connectivity index (χ0) is 21.3. The van der Waals surface area contributed by atoms with E-state index in [-0.39, 0.29) is 18.4 Å². The van der Waals surface area contributed by atoms with Crippen LogP contribution in [0.1, 0.15) is 49.4 Å². The number of hydrogen-bond donors (Lipinski definition) is 2. The molecule has 0 spiro atoms. The van der Waals surface area contributed by atoms with Gasteiger partial charge in [0.2, 0.25) is 5.91 Å². The molecular formula is C23H26N2O5. The second kappa shape index (κ2) is 10.4. The number of ether oxygens (including phenoxy) is 2. The van der Waals surface area contributed by atoms with Crippen molar-refractivity contribution < 1.29 is 23.9 Å². The fourth-order valence-electron chi connectivity index (χ4n) is 3.45. The molecule has 0 heterocycles. The Morgan fingerprint density at radius 2 is 1.50 bits per heavy atom. The summed E-state index contributed by atoms with van der Waals surface area (Å²) in [5.41, 5.74) is 1.73. The van der Waals surface area contributed by atoms with Crippen LogP contribution in [0.15, 0.2) is 48.5 Å². The normalized spacial score (nSPS) is 13.5. The third kappa shape index (κ3) is 6.34. The largest absolute Gasteiger partial charge is 0.513 e. The molecule has 1 fully saturated rings. The average molecular weight is 410 g/mol. The summed E-state index contributed by atoms with van der Waals surface area (Å²) in [6.07, 6.45) is 4.47. The van der Waals surface area contributed by atoms with Crippen LogP contribution in [0.25, 0.3) is 0 Å². The van der Waals surface area contributed by atoms with Gasteiger partial charge in [0.1, 0.15) is 5.75 Å². The first-order chi connectivity index (χ1) is 14.5. The van der Waals surface area contributed by atoms with E-state index < -0.39 is 6.16 Å². The van der Waals surface area contributed by atoms with E-state index in [1.54, 1.807) is 43.3 Å². The highest BCUT2D eigenvalue weighted by atomic mass is 16.7. The van der Waals surface area contributed by atoms with Gasteiger partial charge in [-0.05, 0) is 74.2 Å². The summed E-state index contributed by atoms with van der Waals surface area (Å²) < 4.78 is 9.67. The Bertz CT molecular complexity index is 871. The summed E-state index contributed by atoms with van der Waals surface area (Å²) in [4.78, 5) is 35.8. The second-order valence-electron chi connectivity index (χ2n) is 7.24. The molecule has 1 saturated carbocycles. The Labute approximate surface area is 175 Å². The van der Waals surface area contributed by atoms with Crippen LogP contribution in [0.3, 0.4) is 0 Å². The van der Waals surface area contributed by atoms with Crippen molar-refractivity contribution >= 4 is 29.3 Å². The van der Waals surface area contributed by atoms with Gasteiger partial charge < -0.3 is 20.1 Å². The number of carbonyl (C=O) groups is 3. The van der Waals surface area contributed by atoms with Crippen LogP contribution < -0.4 is 15.4 Å². The minimum Gasteiger partial charge on any atom is -0.434 e. The number of nitrogens with one attached hydrogen (secondary N) is 2. The topological polar surface area (TPSA) is 93.7 Å². The summed E-state index contributed by atoms with van der Waals surface area (Å²) in [6, 6.07) is 13.2. The van der Waals surface area contributed by atoms with Gasteiger partial charge in [0, 0.05) is 23.4 Å². The van der Waals surface area contributed by atoms with Crippen LogP contribution in [0, 0.1) is 5.92 Å². The molecule has 2 N–H and O–H groups in total. The van der Waals surface area contributed by atoms with Crippen LogP contribution in [-0.4, -0.2) is 24.6 Å². The Morgan fingerprint density at radius 3 is 2.10 bits per heavy atom. The van der Waals surface area contributed by atoms with E-state index in [1.165, 1.54) is 25.0 Å². The van der Waals surface area contributed by atoms with Crippen molar-refractivity contribution in [2.24, 2.45) is 5.92 Å². The lowest BCUT2D eigenvalue weighted by Gasteiger charge is -2.11. The van der Waals surface area contributed by atoms with Crippen molar-refractivity contribution in [2.75, 3.05) is 17.2 Å². The standard InChI is InChI=1S/C23H26N2O5/c1-2-29-23(28)30-20-13-7-17(8-14-20)22(27)25-19-11-9-18(10-12-19)24-21(26)15-16-5-3-4-6-16/h7-14,16H,2-6,15H2,1H3,(H,24,26)(H,25,27). The van der Waals surface area contributed by atoms with Gasteiger partial charge in [0.25, 0.3) is 5.91 Å². The van der Waals surface area contributed by atoms with E-state index in [2.05, 4.69) is 10.6 Å². The number of rotatable bonds is 7. The summed E-state index contributed by atoms with van der Waals surface area (Å²) in [7, 11) is 0. The van der Waals surface area contributed by atoms with E-state index in [0.29, 0.717) is 35.0 Å². The molecule has 7 nitrogen and oxygen atoms in total. The zero-order valence-corrected chi connectivity index (χ0v) is 17.0. The third-order valence-electron chi connectivity index (χ3n) is 4.96. The smallest absolute Gasteiger partial charge is 0.434 e. The fourth-order valence-corrected chi connectivity index (χ4v) is 3.45. The first kappa shape index (κ1) is 21.4. The van der Waals surface area contributed by atoms with Crippen molar-refractivity contribution in [3.05, 3.63) is 54.1 Å². The molecule has 2 aromatic rings. The summed E-state index contributed by atoms with van der Waals surface area (Å²) >= 11 is 0. The predicted octanol–water partition coefficient (Wildman–Crippen LogP) is 4.99. The molecule has 0 radical (unpaired) electrons. The minimum absolute atomic E-state index is 0.0313. The first-order valence-corrected chi connectivity index (χ1v) is 10.2. The molecule has 7 heteroatoms. The molecular weight excluding hydrogens is 384 g/mol. The van der Waals surface area contributed by atoms with Gasteiger partial charge in [-0.3, -0.25) is 9.59 Å². The number of hydrogen-bond acceptors (Lipinski definition) is 5. The van der Waals surface area contributed by atoms with Crippen molar-refractivity contribution in [2.45, 2.75) is 39.0 Å².